The first-order valence-corrected chi connectivity index (χ1v) is 9.85. The number of carbonyl (C=O) groups excluding carboxylic acids is 2. The lowest BCUT2D eigenvalue weighted by atomic mass is 9.95. The topological polar surface area (TPSA) is 75.4 Å². The van der Waals surface area contributed by atoms with E-state index in [1.807, 2.05) is 56.0 Å². The van der Waals surface area contributed by atoms with Crippen molar-refractivity contribution >= 4 is 17.5 Å². The average molecular weight is 380 g/mol. The van der Waals surface area contributed by atoms with Crippen molar-refractivity contribution in [3.63, 3.8) is 0 Å². The molecule has 0 bridgehead atoms. The first-order chi connectivity index (χ1) is 13.3. The van der Waals surface area contributed by atoms with Crippen LogP contribution in [0.1, 0.15) is 47.7 Å². The minimum Gasteiger partial charge on any atom is -0.336 e. The van der Waals surface area contributed by atoms with Gasteiger partial charge in [0.2, 0.25) is 5.91 Å². The number of hydrogen-bond donors (Lipinski definition) is 2. The first kappa shape index (κ1) is 20.1. The molecule has 0 unspecified atom stereocenters. The zero-order valence-corrected chi connectivity index (χ0v) is 16.8. The summed E-state index contributed by atoms with van der Waals surface area (Å²) in [6.07, 6.45) is 0.479. The Kier molecular flexibility index (Phi) is 6.15. The first-order valence-electron chi connectivity index (χ1n) is 9.85. The number of benzene rings is 2. The summed E-state index contributed by atoms with van der Waals surface area (Å²) in [7, 11) is 0. The summed E-state index contributed by atoms with van der Waals surface area (Å²) < 4.78 is 0. The van der Waals surface area contributed by atoms with E-state index in [1.54, 1.807) is 6.07 Å². The van der Waals surface area contributed by atoms with Crippen molar-refractivity contribution in [1.29, 1.82) is 0 Å². The zero-order valence-electron chi connectivity index (χ0n) is 16.8. The van der Waals surface area contributed by atoms with E-state index in [1.165, 1.54) is 5.56 Å². The van der Waals surface area contributed by atoms with Crippen LogP contribution in [0.25, 0.3) is 0 Å². The van der Waals surface area contributed by atoms with Crippen LogP contribution in [0, 0.1) is 12.8 Å². The van der Waals surface area contributed by atoms with Gasteiger partial charge in [0, 0.05) is 42.7 Å². The highest BCUT2D eigenvalue weighted by molar-refractivity contribution is 5.96. The van der Waals surface area contributed by atoms with Gasteiger partial charge >= 0.3 is 0 Å². The molecule has 3 rings (SSSR count). The molecule has 0 saturated carbocycles. The number of aryl methyl sites for hydroxylation is 1. The highest BCUT2D eigenvalue weighted by Crippen LogP contribution is 2.28. The van der Waals surface area contributed by atoms with Gasteiger partial charge in [0.15, 0.2) is 0 Å². The van der Waals surface area contributed by atoms with Gasteiger partial charge in [0.1, 0.15) is 0 Å². The van der Waals surface area contributed by atoms with Crippen LogP contribution in [-0.2, 0) is 4.79 Å². The largest absolute Gasteiger partial charge is 0.336 e. The summed E-state index contributed by atoms with van der Waals surface area (Å²) in [4.78, 5) is 26.8. The molecule has 1 aliphatic rings. The van der Waals surface area contributed by atoms with E-state index in [-0.39, 0.29) is 23.8 Å². The SMILES string of the molecule is Cc1cc(C(=O)N2C[C@@H](N)[C@H](c3ccccc3)C2)ccc1NC(=O)CC(C)C. The van der Waals surface area contributed by atoms with Crippen molar-refractivity contribution in [2.45, 2.75) is 39.2 Å². The quantitative estimate of drug-likeness (QED) is 0.834. The molecule has 1 fully saturated rings. The molecular weight excluding hydrogens is 350 g/mol. The third kappa shape index (κ3) is 4.60. The summed E-state index contributed by atoms with van der Waals surface area (Å²) >= 11 is 0. The van der Waals surface area contributed by atoms with Crippen LogP contribution in [0.5, 0.6) is 0 Å². The van der Waals surface area contributed by atoms with E-state index < -0.39 is 0 Å². The number of anilines is 1. The van der Waals surface area contributed by atoms with Crippen LogP contribution in [-0.4, -0.2) is 35.8 Å². The Bertz CT molecular complexity index is 848. The van der Waals surface area contributed by atoms with E-state index in [4.69, 9.17) is 5.73 Å². The standard InChI is InChI=1S/C23H29N3O2/c1-15(2)11-22(27)25-21-10-9-18(12-16(21)3)23(28)26-13-19(20(24)14-26)17-7-5-4-6-8-17/h4-10,12,15,19-20H,11,13-14,24H2,1-3H3,(H,25,27)/t19-,20+/m0/s1. The molecule has 5 heteroatoms. The Hall–Kier alpha value is -2.66. The van der Waals surface area contributed by atoms with Crippen LogP contribution < -0.4 is 11.1 Å². The van der Waals surface area contributed by atoms with Gasteiger partial charge in [-0.2, -0.15) is 0 Å². The molecule has 0 spiro atoms. The van der Waals surface area contributed by atoms with E-state index in [0.717, 1.165) is 11.3 Å². The lowest BCUT2D eigenvalue weighted by Gasteiger charge is -2.18. The molecule has 3 N–H and O–H groups in total. The number of hydrogen-bond acceptors (Lipinski definition) is 3. The predicted molar refractivity (Wildman–Crippen MR) is 112 cm³/mol. The van der Waals surface area contributed by atoms with Crippen molar-refractivity contribution in [2.75, 3.05) is 18.4 Å². The Morgan fingerprint density at radius 1 is 1.14 bits per heavy atom. The monoisotopic (exact) mass is 379 g/mol. The lowest BCUT2D eigenvalue weighted by molar-refractivity contribution is -0.116. The molecular formula is C23H29N3O2. The lowest BCUT2D eigenvalue weighted by Crippen LogP contribution is -2.32. The van der Waals surface area contributed by atoms with Gasteiger partial charge in [-0.05, 0) is 42.2 Å². The summed E-state index contributed by atoms with van der Waals surface area (Å²) in [5.74, 6) is 0.435. The Labute approximate surface area is 166 Å². The molecule has 2 aromatic carbocycles. The molecule has 148 valence electrons. The molecule has 0 aromatic heterocycles. The molecule has 0 radical (unpaired) electrons. The fourth-order valence-electron chi connectivity index (χ4n) is 3.74. The third-order valence-corrected chi connectivity index (χ3v) is 5.22. The molecule has 2 aromatic rings. The van der Waals surface area contributed by atoms with Crippen molar-refractivity contribution in [1.82, 2.24) is 4.90 Å². The van der Waals surface area contributed by atoms with E-state index in [9.17, 15) is 9.59 Å². The summed E-state index contributed by atoms with van der Waals surface area (Å²) in [5, 5.41) is 2.93. The second kappa shape index (κ2) is 8.57. The van der Waals surface area contributed by atoms with Gasteiger partial charge in [0.05, 0.1) is 0 Å². The molecule has 2 atom stereocenters. The van der Waals surface area contributed by atoms with E-state index in [0.29, 0.717) is 31.0 Å². The smallest absolute Gasteiger partial charge is 0.253 e. The molecule has 2 amide bonds. The Balaban J connectivity index is 1.69. The van der Waals surface area contributed by atoms with Gasteiger partial charge in [-0.1, -0.05) is 44.2 Å². The van der Waals surface area contributed by atoms with Crippen LogP contribution >= 0.6 is 0 Å². The molecule has 1 heterocycles. The van der Waals surface area contributed by atoms with E-state index in [2.05, 4.69) is 17.4 Å². The second-order valence-corrected chi connectivity index (χ2v) is 8.07. The highest BCUT2D eigenvalue weighted by Gasteiger charge is 2.34. The van der Waals surface area contributed by atoms with Crippen molar-refractivity contribution in [3.8, 4) is 0 Å². The van der Waals surface area contributed by atoms with Crippen LogP contribution in [0.15, 0.2) is 48.5 Å². The molecule has 1 saturated heterocycles. The second-order valence-electron chi connectivity index (χ2n) is 8.07. The zero-order chi connectivity index (χ0) is 20.3. The van der Waals surface area contributed by atoms with Crippen LogP contribution in [0.4, 0.5) is 5.69 Å². The van der Waals surface area contributed by atoms with Gasteiger partial charge in [-0.15, -0.1) is 0 Å². The fraction of sp³-hybridized carbons (Fsp3) is 0.391. The maximum absolute atomic E-state index is 13.0. The van der Waals surface area contributed by atoms with Crippen molar-refractivity contribution in [2.24, 2.45) is 11.7 Å². The molecule has 28 heavy (non-hydrogen) atoms. The van der Waals surface area contributed by atoms with Crippen molar-refractivity contribution in [3.05, 3.63) is 65.2 Å². The highest BCUT2D eigenvalue weighted by atomic mass is 16.2. The normalized spacial score (nSPS) is 19.1. The number of rotatable bonds is 5. The maximum Gasteiger partial charge on any atom is 0.253 e. The predicted octanol–water partition coefficient (Wildman–Crippen LogP) is 3.55. The summed E-state index contributed by atoms with van der Waals surface area (Å²) in [5.41, 5.74) is 9.75. The Morgan fingerprint density at radius 2 is 1.86 bits per heavy atom. The fourth-order valence-corrected chi connectivity index (χ4v) is 3.74. The van der Waals surface area contributed by atoms with E-state index >= 15 is 0 Å². The molecule has 5 nitrogen and oxygen atoms in total. The minimum absolute atomic E-state index is 0.00611. The average Bonchev–Trinajstić information content (AvgIpc) is 3.04. The van der Waals surface area contributed by atoms with Gasteiger partial charge in [0.25, 0.3) is 5.91 Å². The number of carbonyl (C=O) groups is 2. The van der Waals surface area contributed by atoms with Crippen molar-refractivity contribution < 1.29 is 9.59 Å². The summed E-state index contributed by atoms with van der Waals surface area (Å²) in [6, 6.07) is 15.5. The Morgan fingerprint density at radius 3 is 2.50 bits per heavy atom. The maximum atomic E-state index is 13.0. The number of nitrogens with zero attached hydrogens (tertiary/aromatic N) is 1. The number of nitrogens with two attached hydrogens (primary N) is 1. The van der Waals surface area contributed by atoms with Gasteiger partial charge < -0.3 is 16.0 Å². The molecule has 1 aliphatic heterocycles. The minimum atomic E-state index is -0.0676. The number of likely N-dealkylation sites (tertiary alicyclic amines) is 1. The number of amides is 2. The van der Waals surface area contributed by atoms with Gasteiger partial charge in [-0.3, -0.25) is 9.59 Å². The third-order valence-electron chi connectivity index (χ3n) is 5.22. The summed E-state index contributed by atoms with van der Waals surface area (Å²) in [6.45, 7) is 7.10. The van der Waals surface area contributed by atoms with Gasteiger partial charge in [-0.25, -0.2) is 0 Å². The molecule has 0 aliphatic carbocycles. The van der Waals surface area contributed by atoms with Crippen LogP contribution in [0.3, 0.4) is 0 Å². The number of nitrogens with one attached hydrogen (secondary N) is 1. The van der Waals surface area contributed by atoms with Crippen LogP contribution in [0.2, 0.25) is 0 Å².